The summed E-state index contributed by atoms with van der Waals surface area (Å²) >= 11 is 17.9. The maximum Gasteiger partial charge on any atom is 0.347 e. The number of halogens is 3. The topological polar surface area (TPSA) is 61.8 Å². The van der Waals surface area contributed by atoms with Gasteiger partial charge < -0.3 is 14.2 Å². The van der Waals surface area contributed by atoms with Gasteiger partial charge in [-0.05, 0) is 61.5 Å². The summed E-state index contributed by atoms with van der Waals surface area (Å²) in [5.74, 6) is 0.343. The number of benzene rings is 3. The largest absolute Gasteiger partial charge is 0.479 e. The molecule has 0 saturated heterocycles. The van der Waals surface area contributed by atoms with E-state index in [1.165, 1.54) is 6.92 Å². The van der Waals surface area contributed by atoms with Crippen LogP contribution in [-0.2, 0) is 9.53 Å². The van der Waals surface area contributed by atoms with Gasteiger partial charge in [0, 0.05) is 10.6 Å². The molecular weight excluding hydrogens is 463 g/mol. The van der Waals surface area contributed by atoms with E-state index in [1.807, 2.05) is 0 Å². The lowest BCUT2D eigenvalue weighted by atomic mass is 10.1. The smallest absolute Gasteiger partial charge is 0.347 e. The van der Waals surface area contributed by atoms with Gasteiger partial charge in [0.1, 0.15) is 17.2 Å². The molecule has 0 aliphatic rings. The van der Waals surface area contributed by atoms with E-state index >= 15 is 0 Å². The fraction of sp³-hybridized carbons (Fsp3) is 0.130. The van der Waals surface area contributed by atoms with Crippen molar-refractivity contribution in [2.75, 3.05) is 6.61 Å². The monoisotopic (exact) mass is 478 g/mol. The minimum atomic E-state index is -0.920. The number of hydrogen-bond acceptors (Lipinski definition) is 5. The quantitative estimate of drug-likeness (QED) is 0.268. The molecule has 31 heavy (non-hydrogen) atoms. The third kappa shape index (κ3) is 6.37. The lowest BCUT2D eigenvalue weighted by molar-refractivity contribution is -0.149. The molecule has 3 aromatic carbocycles. The Hall–Kier alpha value is -2.73. The number of hydrogen-bond donors (Lipinski definition) is 0. The standard InChI is InChI=1S/C23H17Cl3O5/c1-14(23(28)29-13-21(27)18-4-2-3-5-19(18)25)30-16-7-9-17(10-8-16)31-22-11-6-15(24)12-20(22)26/h2-12,14H,13H2,1H3. The van der Waals surface area contributed by atoms with Crippen LogP contribution in [-0.4, -0.2) is 24.5 Å². The van der Waals surface area contributed by atoms with Crippen LogP contribution in [0.2, 0.25) is 15.1 Å². The fourth-order valence-corrected chi connectivity index (χ4v) is 3.23. The normalized spacial score (nSPS) is 11.5. The second-order valence-electron chi connectivity index (χ2n) is 6.42. The zero-order chi connectivity index (χ0) is 22.4. The number of carbonyl (C=O) groups is 2. The molecule has 0 amide bonds. The van der Waals surface area contributed by atoms with E-state index in [-0.39, 0.29) is 0 Å². The van der Waals surface area contributed by atoms with E-state index in [0.29, 0.717) is 37.9 Å². The summed E-state index contributed by atoms with van der Waals surface area (Å²) in [7, 11) is 0. The predicted molar refractivity (Wildman–Crippen MR) is 120 cm³/mol. The molecule has 0 spiro atoms. The first-order chi connectivity index (χ1) is 14.8. The Balaban J connectivity index is 1.52. The van der Waals surface area contributed by atoms with Gasteiger partial charge in [0.05, 0.1) is 10.0 Å². The van der Waals surface area contributed by atoms with Crippen LogP contribution in [0.1, 0.15) is 17.3 Å². The summed E-state index contributed by atoms with van der Waals surface area (Å²) in [6.07, 6.45) is -0.920. The third-order valence-corrected chi connectivity index (χ3v) is 4.97. The first-order valence-corrected chi connectivity index (χ1v) is 10.3. The van der Waals surface area contributed by atoms with Crippen LogP contribution in [0.3, 0.4) is 0 Å². The lowest BCUT2D eigenvalue weighted by Crippen LogP contribution is -2.28. The summed E-state index contributed by atoms with van der Waals surface area (Å²) < 4.78 is 16.3. The van der Waals surface area contributed by atoms with Crippen molar-refractivity contribution in [1.29, 1.82) is 0 Å². The summed E-state index contributed by atoms with van der Waals surface area (Å²) in [5, 5.41) is 1.20. The number of ketones is 1. The molecular formula is C23H17Cl3O5. The maximum atomic E-state index is 12.2. The average molecular weight is 480 g/mol. The molecule has 0 saturated carbocycles. The van der Waals surface area contributed by atoms with Crippen LogP contribution in [0, 0.1) is 0 Å². The lowest BCUT2D eigenvalue weighted by Gasteiger charge is -2.14. The van der Waals surface area contributed by atoms with Crippen LogP contribution < -0.4 is 9.47 Å². The van der Waals surface area contributed by atoms with Gasteiger partial charge in [0.2, 0.25) is 5.78 Å². The average Bonchev–Trinajstić information content (AvgIpc) is 2.75. The summed E-state index contributed by atoms with van der Waals surface area (Å²) in [5.41, 5.74) is 0.293. The molecule has 3 aromatic rings. The van der Waals surface area contributed by atoms with E-state index in [1.54, 1.807) is 66.7 Å². The highest BCUT2D eigenvalue weighted by Gasteiger charge is 2.19. The molecule has 160 valence electrons. The molecule has 0 bridgehead atoms. The first-order valence-electron chi connectivity index (χ1n) is 9.17. The zero-order valence-electron chi connectivity index (χ0n) is 16.3. The van der Waals surface area contributed by atoms with Crippen molar-refractivity contribution in [3.05, 3.63) is 87.4 Å². The van der Waals surface area contributed by atoms with Crippen molar-refractivity contribution in [2.24, 2.45) is 0 Å². The van der Waals surface area contributed by atoms with Gasteiger partial charge in [-0.25, -0.2) is 4.79 Å². The summed E-state index contributed by atoms with van der Waals surface area (Å²) in [6.45, 7) is 1.10. The second-order valence-corrected chi connectivity index (χ2v) is 7.67. The molecule has 8 heteroatoms. The minimum absolute atomic E-state index is 0.293. The molecule has 0 fully saturated rings. The van der Waals surface area contributed by atoms with Crippen molar-refractivity contribution in [1.82, 2.24) is 0 Å². The van der Waals surface area contributed by atoms with Crippen molar-refractivity contribution in [2.45, 2.75) is 13.0 Å². The molecule has 0 aromatic heterocycles. The van der Waals surface area contributed by atoms with Gasteiger partial charge in [-0.15, -0.1) is 0 Å². The summed E-state index contributed by atoms with van der Waals surface area (Å²) in [6, 6.07) is 18.1. The number of ether oxygens (including phenoxy) is 3. The highest BCUT2D eigenvalue weighted by Crippen LogP contribution is 2.32. The van der Waals surface area contributed by atoms with E-state index in [0.717, 1.165) is 0 Å². The predicted octanol–water partition coefficient (Wildman–Crippen LogP) is 6.63. The maximum absolute atomic E-state index is 12.2. The second kappa shape index (κ2) is 10.5. The van der Waals surface area contributed by atoms with Crippen LogP contribution in [0.4, 0.5) is 0 Å². The van der Waals surface area contributed by atoms with Gasteiger partial charge in [-0.2, -0.15) is 0 Å². The van der Waals surface area contributed by atoms with Crippen molar-refractivity contribution < 1.29 is 23.8 Å². The van der Waals surface area contributed by atoms with Gasteiger partial charge >= 0.3 is 5.97 Å². The molecule has 1 atom stereocenters. The molecule has 0 heterocycles. The third-order valence-electron chi connectivity index (χ3n) is 4.11. The SMILES string of the molecule is CC(Oc1ccc(Oc2ccc(Cl)cc2Cl)cc1)C(=O)OCC(=O)c1ccccc1Cl. The summed E-state index contributed by atoms with van der Waals surface area (Å²) in [4.78, 5) is 24.3. The van der Waals surface area contributed by atoms with E-state index in [9.17, 15) is 9.59 Å². The Morgan fingerprint density at radius 1 is 0.871 bits per heavy atom. The van der Waals surface area contributed by atoms with Crippen molar-refractivity contribution in [3.63, 3.8) is 0 Å². The first kappa shape index (κ1) is 22.9. The zero-order valence-corrected chi connectivity index (χ0v) is 18.6. The van der Waals surface area contributed by atoms with Gasteiger partial charge in [0.25, 0.3) is 0 Å². The van der Waals surface area contributed by atoms with Crippen LogP contribution >= 0.6 is 34.8 Å². The van der Waals surface area contributed by atoms with Crippen LogP contribution in [0.15, 0.2) is 66.7 Å². The van der Waals surface area contributed by atoms with E-state index < -0.39 is 24.5 Å². The van der Waals surface area contributed by atoms with Crippen LogP contribution in [0.25, 0.3) is 0 Å². The highest BCUT2D eigenvalue weighted by atomic mass is 35.5. The Kier molecular flexibility index (Phi) is 7.80. The highest BCUT2D eigenvalue weighted by molar-refractivity contribution is 6.35. The van der Waals surface area contributed by atoms with Gasteiger partial charge in [-0.3, -0.25) is 4.79 Å². The number of rotatable bonds is 8. The molecule has 0 aliphatic carbocycles. The Labute approximate surface area is 194 Å². The number of Topliss-reactive ketones (excluding diaryl/α,β-unsaturated/α-hetero) is 1. The number of esters is 1. The molecule has 0 N–H and O–H groups in total. The molecule has 3 rings (SSSR count). The number of carbonyl (C=O) groups excluding carboxylic acids is 2. The Bertz CT molecular complexity index is 1080. The van der Waals surface area contributed by atoms with Gasteiger partial charge in [-0.1, -0.05) is 46.9 Å². The van der Waals surface area contributed by atoms with Crippen LogP contribution in [0.5, 0.6) is 17.2 Å². The van der Waals surface area contributed by atoms with E-state index in [2.05, 4.69) is 0 Å². The van der Waals surface area contributed by atoms with Crippen molar-refractivity contribution >= 4 is 46.6 Å². The van der Waals surface area contributed by atoms with E-state index in [4.69, 9.17) is 49.0 Å². The molecule has 5 nitrogen and oxygen atoms in total. The molecule has 0 radical (unpaired) electrons. The Morgan fingerprint density at radius 3 is 2.23 bits per heavy atom. The van der Waals surface area contributed by atoms with Gasteiger partial charge in [0.15, 0.2) is 12.7 Å². The molecule has 0 aliphatic heterocycles. The van der Waals surface area contributed by atoms with Crippen molar-refractivity contribution in [3.8, 4) is 17.2 Å². The minimum Gasteiger partial charge on any atom is -0.479 e. The fourth-order valence-electron chi connectivity index (χ4n) is 2.54. The Morgan fingerprint density at radius 2 is 1.55 bits per heavy atom. The molecule has 1 unspecified atom stereocenters.